The fourth-order valence-corrected chi connectivity index (χ4v) is 9.98. The molecule has 278 valence electrons. The number of imide groups is 2. The van der Waals surface area contributed by atoms with E-state index in [0.717, 1.165) is 82.4 Å². The quantitative estimate of drug-likeness (QED) is 0.0902. The molecule has 5 heterocycles. The summed E-state index contributed by atoms with van der Waals surface area (Å²) < 4.78 is 0. The summed E-state index contributed by atoms with van der Waals surface area (Å²) in [6, 6.07) is -0.235. The Kier molecular flexibility index (Phi) is 11.5. The van der Waals surface area contributed by atoms with Gasteiger partial charge in [-0.1, -0.05) is 13.3 Å². The molecule has 0 spiro atoms. The van der Waals surface area contributed by atoms with E-state index in [2.05, 4.69) is 54.6 Å². The molecular formula is C35H58N10O5. The van der Waals surface area contributed by atoms with Gasteiger partial charge in [-0.2, -0.15) is 0 Å². The Morgan fingerprint density at radius 1 is 0.940 bits per heavy atom. The number of fused-ring (bicyclic) bond motifs is 2. The molecule has 7 fully saturated rings. The highest BCUT2D eigenvalue weighted by molar-refractivity contribution is 6.11. The first-order valence-corrected chi connectivity index (χ1v) is 19.5. The Morgan fingerprint density at radius 2 is 1.78 bits per heavy atom. The Bertz CT molecular complexity index is 1280. The molecule has 15 nitrogen and oxygen atoms in total. The van der Waals surface area contributed by atoms with Crippen LogP contribution in [-0.2, 0) is 24.0 Å². The van der Waals surface area contributed by atoms with E-state index in [1.165, 1.54) is 6.42 Å². The molecule has 0 aromatic carbocycles. The predicted molar refractivity (Wildman–Crippen MR) is 184 cm³/mol. The maximum absolute atomic E-state index is 13.4. The van der Waals surface area contributed by atoms with E-state index in [4.69, 9.17) is 0 Å². The first kappa shape index (κ1) is 35.9. The second-order valence-electron chi connectivity index (χ2n) is 15.7. The number of nitrogens with one attached hydrogen (secondary N) is 8. The van der Waals surface area contributed by atoms with Crippen molar-refractivity contribution in [2.24, 2.45) is 29.6 Å². The Morgan fingerprint density at radius 3 is 2.58 bits per heavy atom. The number of piperidine rings is 1. The average molecular weight is 699 g/mol. The minimum absolute atomic E-state index is 0.0236. The number of rotatable bonds is 12. The number of amides is 5. The molecule has 50 heavy (non-hydrogen) atoms. The summed E-state index contributed by atoms with van der Waals surface area (Å²) in [6.07, 6.45) is 9.66. The van der Waals surface area contributed by atoms with Crippen LogP contribution < -0.4 is 42.6 Å². The first-order valence-electron chi connectivity index (χ1n) is 19.5. The number of likely N-dealkylation sites (tertiary alicyclic amines) is 1. The molecule has 8 N–H and O–H groups in total. The molecule has 9 unspecified atom stereocenters. The van der Waals surface area contributed by atoms with Crippen molar-refractivity contribution >= 4 is 29.5 Å². The number of hydrogen-bond donors (Lipinski definition) is 8. The standard InChI is InChI=1S/C35H58N10O5/c1-2-17-44-19-21(18-39-44)29-24-13-16-37-30(24)43-35(42-29)40-22-9-7-20(8-10-22)31(47)38-15-4-14-36-25-6-3-5-23-28(25)34(50)45(33(23)49)26-11-12-27(46)41-32(26)48/h20-26,28-30,35-37,39-40,42-43H,2-19H2,1H3,(H,38,47)(H,41,46,48). The van der Waals surface area contributed by atoms with Crippen LogP contribution in [0.1, 0.15) is 84.0 Å². The van der Waals surface area contributed by atoms with Gasteiger partial charge in [0.2, 0.25) is 29.5 Å². The molecule has 5 amide bonds. The summed E-state index contributed by atoms with van der Waals surface area (Å²) in [7, 11) is 0. The second kappa shape index (κ2) is 16.0. The highest BCUT2D eigenvalue weighted by Gasteiger charge is 2.55. The van der Waals surface area contributed by atoms with Crippen molar-refractivity contribution in [2.45, 2.75) is 121 Å². The van der Waals surface area contributed by atoms with Gasteiger partial charge in [0.1, 0.15) is 12.3 Å². The van der Waals surface area contributed by atoms with Crippen LogP contribution >= 0.6 is 0 Å². The summed E-state index contributed by atoms with van der Waals surface area (Å²) in [6.45, 7) is 7.66. The Hall–Kier alpha value is -2.53. The van der Waals surface area contributed by atoms with Gasteiger partial charge in [0.05, 0.1) is 18.0 Å². The zero-order valence-corrected chi connectivity index (χ0v) is 29.5. The van der Waals surface area contributed by atoms with E-state index in [-0.39, 0.29) is 54.7 Å². The highest BCUT2D eigenvalue weighted by Crippen LogP contribution is 2.40. The van der Waals surface area contributed by atoms with E-state index in [1.807, 2.05) is 0 Å². The van der Waals surface area contributed by atoms with E-state index in [9.17, 15) is 24.0 Å². The molecule has 9 atom stereocenters. The largest absolute Gasteiger partial charge is 0.356 e. The van der Waals surface area contributed by atoms with Gasteiger partial charge in [0.25, 0.3) is 0 Å². The van der Waals surface area contributed by atoms with Crippen LogP contribution in [0.15, 0.2) is 0 Å². The summed E-state index contributed by atoms with van der Waals surface area (Å²) in [4.78, 5) is 64.9. The molecule has 7 rings (SSSR count). The van der Waals surface area contributed by atoms with Crippen LogP contribution in [0.4, 0.5) is 0 Å². The van der Waals surface area contributed by atoms with Crippen molar-refractivity contribution in [3.8, 4) is 0 Å². The smallest absolute Gasteiger partial charge is 0.249 e. The molecule has 7 aliphatic rings. The van der Waals surface area contributed by atoms with Crippen molar-refractivity contribution < 1.29 is 24.0 Å². The molecule has 2 aliphatic carbocycles. The van der Waals surface area contributed by atoms with Crippen LogP contribution in [0, 0.1) is 29.6 Å². The topological polar surface area (TPSA) is 188 Å². The molecule has 0 radical (unpaired) electrons. The number of carbonyl (C=O) groups is 5. The normalized spacial score (nSPS) is 39.4. The fraction of sp³-hybridized carbons (Fsp3) is 0.857. The van der Waals surface area contributed by atoms with Gasteiger partial charge in [-0.15, -0.1) is 0 Å². The van der Waals surface area contributed by atoms with Gasteiger partial charge in [-0.05, 0) is 77.3 Å². The molecule has 0 bridgehead atoms. The lowest BCUT2D eigenvalue weighted by molar-refractivity contribution is -0.151. The van der Waals surface area contributed by atoms with Crippen LogP contribution in [-0.4, -0.2) is 115 Å². The van der Waals surface area contributed by atoms with Crippen molar-refractivity contribution in [3.05, 3.63) is 0 Å². The first-order chi connectivity index (χ1) is 24.3. The zero-order valence-electron chi connectivity index (χ0n) is 29.5. The van der Waals surface area contributed by atoms with Crippen molar-refractivity contribution in [1.29, 1.82) is 0 Å². The zero-order chi connectivity index (χ0) is 34.8. The number of carbonyl (C=O) groups excluding carboxylic acids is 5. The lowest BCUT2D eigenvalue weighted by atomic mass is 9.77. The van der Waals surface area contributed by atoms with E-state index in [0.29, 0.717) is 49.6 Å². The van der Waals surface area contributed by atoms with Gasteiger partial charge in [-0.25, -0.2) is 5.01 Å². The summed E-state index contributed by atoms with van der Waals surface area (Å²) in [5.41, 5.74) is 3.60. The van der Waals surface area contributed by atoms with Crippen LogP contribution in [0.25, 0.3) is 0 Å². The van der Waals surface area contributed by atoms with E-state index < -0.39 is 23.8 Å². The maximum Gasteiger partial charge on any atom is 0.249 e. The van der Waals surface area contributed by atoms with E-state index in [1.54, 1.807) is 0 Å². The fourth-order valence-electron chi connectivity index (χ4n) is 9.98. The number of nitrogens with zero attached hydrogens (tertiary/aromatic N) is 2. The van der Waals surface area contributed by atoms with Crippen molar-refractivity contribution in [1.82, 2.24) is 52.6 Å². The number of hydrogen-bond acceptors (Lipinski definition) is 12. The monoisotopic (exact) mass is 698 g/mol. The molecule has 5 aliphatic heterocycles. The second-order valence-corrected chi connectivity index (χ2v) is 15.7. The minimum Gasteiger partial charge on any atom is -0.356 e. The van der Waals surface area contributed by atoms with Crippen LogP contribution in [0.3, 0.4) is 0 Å². The maximum atomic E-state index is 13.4. The van der Waals surface area contributed by atoms with Gasteiger partial charge < -0.3 is 16.0 Å². The summed E-state index contributed by atoms with van der Waals surface area (Å²) >= 11 is 0. The minimum atomic E-state index is -0.902. The molecule has 15 heteroatoms. The molecule has 0 aromatic heterocycles. The summed E-state index contributed by atoms with van der Waals surface area (Å²) in [5.74, 6) is -1.12. The van der Waals surface area contributed by atoms with Crippen LogP contribution in [0.5, 0.6) is 0 Å². The molecule has 2 saturated carbocycles. The molecule has 0 aromatic rings. The Balaban J connectivity index is 0.811. The third-order valence-electron chi connectivity index (χ3n) is 12.5. The van der Waals surface area contributed by atoms with Crippen molar-refractivity contribution in [3.63, 3.8) is 0 Å². The highest BCUT2D eigenvalue weighted by atomic mass is 16.2. The Labute approximate surface area is 295 Å². The third kappa shape index (κ3) is 7.64. The van der Waals surface area contributed by atoms with Gasteiger partial charge in [-0.3, -0.25) is 55.6 Å². The van der Waals surface area contributed by atoms with Crippen molar-refractivity contribution in [2.75, 3.05) is 39.3 Å². The molecule has 5 saturated heterocycles. The number of hydrazine groups is 1. The summed E-state index contributed by atoms with van der Waals surface area (Å²) in [5, 5.41) is 26.5. The van der Waals surface area contributed by atoms with Gasteiger partial charge in [0, 0.05) is 68.5 Å². The molecular weight excluding hydrogens is 640 g/mol. The lowest BCUT2D eigenvalue weighted by Crippen LogP contribution is -2.71. The van der Waals surface area contributed by atoms with Crippen LogP contribution in [0.2, 0.25) is 0 Å². The van der Waals surface area contributed by atoms with Gasteiger partial charge >= 0.3 is 0 Å². The van der Waals surface area contributed by atoms with Gasteiger partial charge in [0.15, 0.2) is 0 Å². The average Bonchev–Trinajstić information content (AvgIpc) is 3.84. The van der Waals surface area contributed by atoms with E-state index >= 15 is 0 Å². The third-order valence-corrected chi connectivity index (χ3v) is 12.5. The lowest BCUT2D eigenvalue weighted by Gasteiger charge is -2.45. The predicted octanol–water partition coefficient (Wildman–Crippen LogP) is -1.18. The SMILES string of the molecule is CCCN1CC(C2NC(NC3CCC(C(=O)NCCCNC4CCCC5C(=O)N(C6CCC(=O)NC6=O)C(=O)C45)CC3)NC3NCCC32)CN1.